The second-order valence-electron chi connectivity index (χ2n) is 5.82. The Balaban J connectivity index is 1.86. The minimum atomic E-state index is -0.803. The molecule has 1 aliphatic heterocycles. The van der Waals surface area contributed by atoms with Crippen LogP contribution in [0.3, 0.4) is 0 Å². The van der Waals surface area contributed by atoms with Crippen molar-refractivity contribution < 1.29 is 18.3 Å². The standard InChI is InChI=1S/C18H18F2N2O2/c19-14-8-7-13(17(21)11-6-9-15(23)22-10-11)16(20)18(14)24-12-4-2-1-3-5-12/h1-5,7-8,11,17H,6,9-10,21H2,(H,22,23)/t11-,17+/m0/s1. The quantitative estimate of drug-likeness (QED) is 0.903. The van der Waals surface area contributed by atoms with Gasteiger partial charge in [-0.25, -0.2) is 8.78 Å². The summed E-state index contributed by atoms with van der Waals surface area (Å²) in [6, 6.07) is 10.3. The van der Waals surface area contributed by atoms with E-state index in [4.69, 9.17) is 10.5 Å². The summed E-state index contributed by atoms with van der Waals surface area (Å²) in [6.45, 7) is 0.381. The minimum absolute atomic E-state index is 0.0360. The van der Waals surface area contributed by atoms with Crippen molar-refractivity contribution in [3.63, 3.8) is 0 Å². The van der Waals surface area contributed by atoms with Gasteiger partial charge >= 0.3 is 0 Å². The molecule has 0 saturated carbocycles. The third-order valence-corrected chi connectivity index (χ3v) is 4.21. The maximum absolute atomic E-state index is 14.8. The molecular formula is C18H18F2N2O2. The molecule has 0 bridgehead atoms. The maximum atomic E-state index is 14.8. The molecule has 0 aliphatic carbocycles. The molecular weight excluding hydrogens is 314 g/mol. The summed E-state index contributed by atoms with van der Waals surface area (Å²) in [5.74, 6) is -1.86. The van der Waals surface area contributed by atoms with Crippen LogP contribution in [0, 0.1) is 17.6 Å². The fraction of sp³-hybridized carbons (Fsp3) is 0.278. The van der Waals surface area contributed by atoms with E-state index in [9.17, 15) is 13.6 Å². The fourth-order valence-electron chi connectivity index (χ4n) is 2.82. The van der Waals surface area contributed by atoms with Crippen LogP contribution in [0.25, 0.3) is 0 Å². The van der Waals surface area contributed by atoms with Gasteiger partial charge < -0.3 is 15.8 Å². The van der Waals surface area contributed by atoms with Crippen molar-refractivity contribution in [3.8, 4) is 11.5 Å². The third-order valence-electron chi connectivity index (χ3n) is 4.21. The molecule has 2 aromatic carbocycles. The van der Waals surface area contributed by atoms with Crippen LogP contribution < -0.4 is 15.8 Å². The van der Waals surface area contributed by atoms with Gasteiger partial charge in [0, 0.05) is 24.6 Å². The van der Waals surface area contributed by atoms with Gasteiger partial charge in [-0.3, -0.25) is 4.79 Å². The number of nitrogens with two attached hydrogens (primary N) is 1. The molecule has 126 valence electrons. The number of nitrogens with one attached hydrogen (secondary N) is 1. The van der Waals surface area contributed by atoms with Crippen LogP contribution in [-0.4, -0.2) is 12.5 Å². The molecule has 24 heavy (non-hydrogen) atoms. The van der Waals surface area contributed by atoms with E-state index in [1.54, 1.807) is 30.3 Å². The number of carbonyl (C=O) groups excluding carboxylic acids is 1. The van der Waals surface area contributed by atoms with Crippen LogP contribution in [-0.2, 0) is 4.79 Å². The summed E-state index contributed by atoms with van der Waals surface area (Å²) >= 11 is 0. The van der Waals surface area contributed by atoms with E-state index >= 15 is 0 Å². The number of benzene rings is 2. The van der Waals surface area contributed by atoms with E-state index in [0.29, 0.717) is 25.1 Å². The number of halogens is 2. The highest BCUT2D eigenvalue weighted by molar-refractivity contribution is 5.76. The Hall–Kier alpha value is -2.47. The van der Waals surface area contributed by atoms with Crippen molar-refractivity contribution >= 4 is 5.91 Å². The molecule has 2 aromatic rings. The first kappa shape index (κ1) is 16.4. The maximum Gasteiger partial charge on any atom is 0.220 e. The first-order valence-electron chi connectivity index (χ1n) is 7.79. The molecule has 3 N–H and O–H groups in total. The van der Waals surface area contributed by atoms with E-state index in [-0.39, 0.29) is 17.4 Å². The topological polar surface area (TPSA) is 64.3 Å². The van der Waals surface area contributed by atoms with Crippen molar-refractivity contribution in [1.29, 1.82) is 0 Å². The van der Waals surface area contributed by atoms with Gasteiger partial charge in [0.25, 0.3) is 0 Å². The summed E-state index contributed by atoms with van der Waals surface area (Å²) in [5.41, 5.74) is 6.34. The Labute approximate surface area is 138 Å². The summed E-state index contributed by atoms with van der Waals surface area (Å²) in [4.78, 5) is 11.2. The molecule has 6 heteroatoms. The van der Waals surface area contributed by atoms with Gasteiger partial charge in [0.05, 0.1) is 0 Å². The van der Waals surface area contributed by atoms with E-state index in [2.05, 4.69) is 5.32 Å². The van der Waals surface area contributed by atoms with E-state index < -0.39 is 23.4 Å². The molecule has 4 nitrogen and oxygen atoms in total. The smallest absolute Gasteiger partial charge is 0.220 e. The van der Waals surface area contributed by atoms with Crippen LogP contribution in [0.1, 0.15) is 24.4 Å². The number of para-hydroxylation sites is 1. The molecule has 0 unspecified atom stereocenters. The van der Waals surface area contributed by atoms with Crippen molar-refractivity contribution in [2.75, 3.05) is 6.54 Å². The fourth-order valence-corrected chi connectivity index (χ4v) is 2.82. The number of rotatable bonds is 4. The number of piperidine rings is 1. The van der Waals surface area contributed by atoms with Gasteiger partial charge in [-0.2, -0.15) is 0 Å². The first-order chi connectivity index (χ1) is 11.6. The van der Waals surface area contributed by atoms with Gasteiger partial charge in [0.2, 0.25) is 5.91 Å². The lowest BCUT2D eigenvalue weighted by atomic mass is 9.87. The molecule has 0 radical (unpaired) electrons. The lowest BCUT2D eigenvalue weighted by molar-refractivity contribution is -0.123. The molecule has 1 aliphatic rings. The Kier molecular flexibility index (Phi) is 4.76. The minimum Gasteiger partial charge on any atom is -0.451 e. The number of carbonyl (C=O) groups is 1. The normalized spacial score (nSPS) is 18.8. The van der Waals surface area contributed by atoms with Gasteiger partial charge in [-0.15, -0.1) is 0 Å². The number of amides is 1. The van der Waals surface area contributed by atoms with Gasteiger partial charge in [-0.1, -0.05) is 24.3 Å². The third kappa shape index (κ3) is 3.38. The first-order valence-corrected chi connectivity index (χ1v) is 7.79. The molecule has 1 heterocycles. The van der Waals surface area contributed by atoms with Crippen molar-refractivity contribution in [1.82, 2.24) is 5.32 Å². The van der Waals surface area contributed by atoms with Gasteiger partial charge in [0.1, 0.15) is 5.75 Å². The van der Waals surface area contributed by atoms with Crippen LogP contribution in [0.15, 0.2) is 42.5 Å². The van der Waals surface area contributed by atoms with Crippen molar-refractivity contribution in [2.24, 2.45) is 11.7 Å². The highest BCUT2D eigenvalue weighted by Gasteiger charge is 2.28. The van der Waals surface area contributed by atoms with E-state index in [0.717, 1.165) is 6.07 Å². The molecule has 0 aromatic heterocycles. The second kappa shape index (κ2) is 6.97. The molecule has 2 atom stereocenters. The van der Waals surface area contributed by atoms with Crippen LogP contribution in [0.5, 0.6) is 11.5 Å². The highest BCUT2D eigenvalue weighted by Crippen LogP contribution is 2.34. The molecule has 0 spiro atoms. The lowest BCUT2D eigenvalue weighted by Gasteiger charge is -2.28. The summed E-state index contributed by atoms with van der Waals surface area (Å²) in [7, 11) is 0. The molecule has 3 rings (SSSR count). The van der Waals surface area contributed by atoms with Gasteiger partial charge in [-0.05, 0) is 30.5 Å². The van der Waals surface area contributed by atoms with Crippen LogP contribution in [0.2, 0.25) is 0 Å². The predicted octanol–water partition coefficient (Wildman–Crippen LogP) is 3.28. The second-order valence-corrected chi connectivity index (χ2v) is 5.82. The predicted molar refractivity (Wildman–Crippen MR) is 85.5 cm³/mol. The SMILES string of the molecule is N[C@@H](c1ccc(F)c(Oc2ccccc2)c1F)[C@H]1CCC(=O)NC1. The number of hydrogen-bond acceptors (Lipinski definition) is 3. The average Bonchev–Trinajstić information content (AvgIpc) is 2.60. The Morgan fingerprint density at radius 3 is 2.58 bits per heavy atom. The number of ether oxygens (including phenoxy) is 1. The zero-order chi connectivity index (χ0) is 17.1. The zero-order valence-electron chi connectivity index (χ0n) is 13.0. The monoisotopic (exact) mass is 332 g/mol. The average molecular weight is 332 g/mol. The van der Waals surface area contributed by atoms with Crippen LogP contribution in [0.4, 0.5) is 8.78 Å². The lowest BCUT2D eigenvalue weighted by Crippen LogP contribution is -2.39. The summed E-state index contributed by atoms with van der Waals surface area (Å²) in [6.07, 6.45) is 0.924. The molecule has 1 fully saturated rings. The molecule has 1 amide bonds. The van der Waals surface area contributed by atoms with Crippen molar-refractivity contribution in [2.45, 2.75) is 18.9 Å². The highest BCUT2D eigenvalue weighted by atomic mass is 19.1. The number of hydrogen-bond donors (Lipinski definition) is 2. The van der Waals surface area contributed by atoms with Crippen molar-refractivity contribution in [3.05, 3.63) is 59.7 Å². The van der Waals surface area contributed by atoms with E-state index in [1.165, 1.54) is 6.07 Å². The van der Waals surface area contributed by atoms with E-state index in [1.807, 2.05) is 0 Å². The summed E-state index contributed by atoms with van der Waals surface area (Å²) in [5, 5.41) is 2.72. The van der Waals surface area contributed by atoms with Crippen LogP contribution >= 0.6 is 0 Å². The molecule has 1 saturated heterocycles. The van der Waals surface area contributed by atoms with Gasteiger partial charge in [0.15, 0.2) is 17.4 Å². The zero-order valence-corrected chi connectivity index (χ0v) is 13.0. The Morgan fingerprint density at radius 2 is 1.92 bits per heavy atom. The Morgan fingerprint density at radius 1 is 1.17 bits per heavy atom. The largest absolute Gasteiger partial charge is 0.451 e. The Bertz CT molecular complexity index is 727. The summed E-state index contributed by atoms with van der Waals surface area (Å²) < 4.78 is 34.1.